The van der Waals surface area contributed by atoms with Crippen molar-refractivity contribution >= 4 is 22.0 Å². The lowest BCUT2D eigenvalue weighted by atomic mass is 9.85. The van der Waals surface area contributed by atoms with Crippen LogP contribution in [0.2, 0.25) is 0 Å². The molecule has 1 N–H and O–H groups in total. The molecule has 190 valence electrons. The fourth-order valence-electron chi connectivity index (χ4n) is 3.64. The van der Waals surface area contributed by atoms with Crippen LogP contribution in [0.3, 0.4) is 0 Å². The van der Waals surface area contributed by atoms with E-state index in [1.165, 1.54) is 12.1 Å². The van der Waals surface area contributed by atoms with E-state index in [1.807, 2.05) is 19.1 Å². The van der Waals surface area contributed by atoms with E-state index >= 15 is 0 Å². The van der Waals surface area contributed by atoms with Crippen molar-refractivity contribution in [3.05, 3.63) is 101 Å². The number of benzene rings is 3. The average molecular weight is 510 g/mol. The van der Waals surface area contributed by atoms with Crippen molar-refractivity contribution < 1.29 is 27.5 Å². The highest BCUT2D eigenvalue weighted by Crippen LogP contribution is 2.29. The quantitative estimate of drug-likeness (QED) is 0.325. The van der Waals surface area contributed by atoms with Crippen LogP contribution in [0.1, 0.15) is 53.9 Å². The SMILES string of the molecule is COC(=O)O[C@H](C(=O)c1ccccc1)[C@@H](NS(=O)(=O)c1ccc(C)cc1)c1ccc(C(C)(C)C)cc1. The summed E-state index contributed by atoms with van der Waals surface area (Å²) in [4.78, 5) is 25.7. The molecule has 0 spiro atoms. The summed E-state index contributed by atoms with van der Waals surface area (Å²) in [6.07, 6.45) is -2.63. The first kappa shape index (κ1) is 27.1. The molecule has 0 saturated carbocycles. The maximum absolute atomic E-state index is 13.5. The second-order valence-corrected chi connectivity index (χ2v) is 11.2. The van der Waals surface area contributed by atoms with E-state index in [2.05, 4.69) is 30.2 Å². The highest BCUT2D eigenvalue weighted by Gasteiger charge is 2.37. The number of carbonyl (C=O) groups excluding carboxylic acids is 2. The zero-order chi connectivity index (χ0) is 26.5. The molecule has 7 nitrogen and oxygen atoms in total. The molecule has 0 radical (unpaired) electrons. The Morgan fingerprint density at radius 2 is 1.44 bits per heavy atom. The molecule has 3 aromatic carbocycles. The van der Waals surface area contributed by atoms with Gasteiger partial charge in [0, 0.05) is 5.56 Å². The zero-order valence-electron chi connectivity index (χ0n) is 21.0. The smallest absolute Gasteiger partial charge is 0.438 e. The van der Waals surface area contributed by atoms with Crippen LogP contribution in [0.25, 0.3) is 0 Å². The summed E-state index contributed by atoms with van der Waals surface area (Å²) >= 11 is 0. The third kappa shape index (κ3) is 6.59. The number of Topliss-reactive ketones (excluding diaryl/α,β-unsaturated/α-hetero) is 1. The minimum Gasteiger partial charge on any atom is -0.438 e. The van der Waals surface area contributed by atoms with E-state index in [1.54, 1.807) is 54.6 Å². The molecular weight excluding hydrogens is 478 g/mol. The van der Waals surface area contributed by atoms with Crippen molar-refractivity contribution in [1.29, 1.82) is 0 Å². The fourth-order valence-corrected chi connectivity index (χ4v) is 4.86. The Morgan fingerprint density at radius 1 is 0.861 bits per heavy atom. The van der Waals surface area contributed by atoms with Gasteiger partial charge in [-0.25, -0.2) is 13.2 Å². The van der Waals surface area contributed by atoms with Gasteiger partial charge in [-0.15, -0.1) is 0 Å². The van der Waals surface area contributed by atoms with Crippen molar-refractivity contribution in [3.63, 3.8) is 0 Å². The maximum Gasteiger partial charge on any atom is 0.508 e. The first-order chi connectivity index (χ1) is 16.9. The second kappa shape index (κ2) is 11.1. The molecule has 0 bridgehead atoms. The topological polar surface area (TPSA) is 98.8 Å². The van der Waals surface area contributed by atoms with Crippen LogP contribution in [0.4, 0.5) is 4.79 Å². The first-order valence-electron chi connectivity index (χ1n) is 11.5. The van der Waals surface area contributed by atoms with E-state index in [9.17, 15) is 18.0 Å². The Hall–Kier alpha value is -3.49. The van der Waals surface area contributed by atoms with E-state index in [-0.39, 0.29) is 15.9 Å². The Morgan fingerprint density at radius 3 is 1.97 bits per heavy atom. The van der Waals surface area contributed by atoms with Gasteiger partial charge in [0.2, 0.25) is 15.8 Å². The molecule has 3 rings (SSSR count). The predicted molar refractivity (Wildman–Crippen MR) is 137 cm³/mol. The Labute approximate surface area is 212 Å². The molecule has 0 aliphatic heterocycles. The molecule has 8 heteroatoms. The lowest BCUT2D eigenvalue weighted by molar-refractivity contribution is 0.0236. The minimum absolute atomic E-state index is 0.0217. The number of ketones is 1. The third-order valence-electron chi connectivity index (χ3n) is 5.76. The average Bonchev–Trinajstić information content (AvgIpc) is 2.86. The number of hydrogen-bond acceptors (Lipinski definition) is 6. The van der Waals surface area contributed by atoms with Gasteiger partial charge in [0.15, 0.2) is 6.10 Å². The normalized spacial score (nSPS) is 13.5. The number of nitrogens with one attached hydrogen (secondary N) is 1. The predicted octanol–water partition coefficient (Wildman–Crippen LogP) is 5.35. The minimum atomic E-state index is -4.10. The Kier molecular flexibility index (Phi) is 8.32. The summed E-state index contributed by atoms with van der Waals surface area (Å²) in [5.41, 5.74) is 2.49. The van der Waals surface area contributed by atoms with Crippen molar-refractivity contribution in [1.82, 2.24) is 4.72 Å². The van der Waals surface area contributed by atoms with Crippen LogP contribution in [0.5, 0.6) is 0 Å². The Balaban J connectivity index is 2.13. The number of rotatable bonds is 8. The summed E-state index contributed by atoms with van der Waals surface area (Å²) in [6, 6.07) is 20.5. The Bertz CT molecular complexity index is 1290. The third-order valence-corrected chi connectivity index (χ3v) is 7.22. The van der Waals surface area contributed by atoms with Crippen molar-refractivity contribution in [2.24, 2.45) is 0 Å². The molecule has 0 aliphatic rings. The van der Waals surface area contributed by atoms with Crippen LogP contribution in [-0.2, 0) is 24.9 Å². The molecule has 3 aromatic rings. The number of aryl methyl sites for hydroxylation is 1. The van der Waals surface area contributed by atoms with Gasteiger partial charge < -0.3 is 9.47 Å². The summed E-state index contributed by atoms with van der Waals surface area (Å²) < 4.78 is 39.4. The van der Waals surface area contributed by atoms with Crippen LogP contribution in [-0.4, -0.2) is 33.6 Å². The van der Waals surface area contributed by atoms with E-state index in [4.69, 9.17) is 4.74 Å². The van der Waals surface area contributed by atoms with Gasteiger partial charge >= 0.3 is 6.16 Å². The standard InChI is InChI=1S/C28H31NO6S/c1-19-11-17-23(18-12-19)36(32,33)29-24(20-13-15-22(16-14-20)28(2,3)4)26(35-27(31)34-5)25(30)21-9-7-6-8-10-21/h6-18,24,26,29H,1-5H3/t24-,26-/m0/s1. The second-order valence-electron chi connectivity index (χ2n) is 9.51. The monoisotopic (exact) mass is 509 g/mol. The van der Waals surface area contributed by atoms with Crippen LogP contribution < -0.4 is 4.72 Å². The molecule has 0 aromatic heterocycles. The summed E-state index contributed by atoms with van der Waals surface area (Å²) in [6.45, 7) is 8.02. The van der Waals surface area contributed by atoms with E-state index in [0.29, 0.717) is 5.56 Å². The van der Waals surface area contributed by atoms with Gasteiger partial charge in [-0.2, -0.15) is 4.72 Å². The maximum atomic E-state index is 13.5. The molecule has 0 fully saturated rings. The lowest BCUT2D eigenvalue weighted by Crippen LogP contribution is -2.43. The molecule has 0 amide bonds. The van der Waals surface area contributed by atoms with Gasteiger partial charge in [0.25, 0.3) is 0 Å². The van der Waals surface area contributed by atoms with Crippen molar-refractivity contribution in [2.75, 3.05) is 7.11 Å². The van der Waals surface area contributed by atoms with Crippen molar-refractivity contribution in [2.45, 2.75) is 50.2 Å². The molecule has 0 unspecified atom stereocenters. The van der Waals surface area contributed by atoms with Gasteiger partial charge in [-0.1, -0.05) is 93.1 Å². The van der Waals surface area contributed by atoms with Crippen LogP contribution in [0.15, 0.2) is 83.8 Å². The van der Waals surface area contributed by atoms with Gasteiger partial charge in [-0.3, -0.25) is 4.79 Å². The van der Waals surface area contributed by atoms with Gasteiger partial charge in [0.05, 0.1) is 18.0 Å². The number of hydrogen-bond donors (Lipinski definition) is 1. The number of carbonyl (C=O) groups is 2. The highest BCUT2D eigenvalue weighted by atomic mass is 32.2. The number of ether oxygens (including phenoxy) is 2. The lowest BCUT2D eigenvalue weighted by Gasteiger charge is -2.28. The van der Waals surface area contributed by atoms with Gasteiger partial charge in [-0.05, 0) is 35.6 Å². The molecule has 0 saturated heterocycles. The number of sulfonamides is 1. The molecular formula is C28H31NO6S. The number of methoxy groups -OCH3 is 1. The molecule has 0 aliphatic carbocycles. The zero-order valence-corrected chi connectivity index (χ0v) is 21.8. The van der Waals surface area contributed by atoms with Crippen LogP contribution in [0, 0.1) is 6.92 Å². The summed E-state index contributed by atoms with van der Waals surface area (Å²) in [5, 5.41) is 0. The molecule has 36 heavy (non-hydrogen) atoms. The van der Waals surface area contributed by atoms with E-state index < -0.39 is 34.1 Å². The highest BCUT2D eigenvalue weighted by molar-refractivity contribution is 7.89. The van der Waals surface area contributed by atoms with E-state index in [0.717, 1.165) is 18.2 Å². The summed E-state index contributed by atoms with van der Waals surface area (Å²) in [5.74, 6) is -0.572. The van der Waals surface area contributed by atoms with Crippen LogP contribution >= 0.6 is 0 Å². The molecule has 0 heterocycles. The van der Waals surface area contributed by atoms with Crippen molar-refractivity contribution in [3.8, 4) is 0 Å². The fraction of sp³-hybridized carbons (Fsp3) is 0.286. The summed E-state index contributed by atoms with van der Waals surface area (Å²) in [7, 11) is -2.98. The first-order valence-corrected chi connectivity index (χ1v) is 12.9. The largest absolute Gasteiger partial charge is 0.508 e. The van der Waals surface area contributed by atoms with Gasteiger partial charge in [0.1, 0.15) is 0 Å². The molecule has 2 atom stereocenters.